The van der Waals surface area contributed by atoms with Crippen molar-refractivity contribution < 1.29 is 9.53 Å². The number of anilines is 2. The van der Waals surface area contributed by atoms with E-state index in [9.17, 15) is 9.59 Å². The average molecular weight is 420 g/mol. The molecule has 9 heteroatoms. The molecule has 0 aliphatic carbocycles. The van der Waals surface area contributed by atoms with E-state index in [1.165, 1.54) is 0 Å². The molecule has 1 aliphatic rings. The maximum absolute atomic E-state index is 12.8. The third-order valence-corrected chi connectivity index (χ3v) is 5.14. The summed E-state index contributed by atoms with van der Waals surface area (Å²) in [6.07, 6.45) is 3.13. The summed E-state index contributed by atoms with van der Waals surface area (Å²) < 4.78 is 5.85. The van der Waals surface area contributed by atoms with Gasteiger partial charge in [0.25, 0.3) is 5.56 Å². The van der Waals surface area contributed by atoms with E-state index in [0.29, 0.717) is 36.8 Å². The monoisotopic (exact) mass is 420 g/mol. The van der Waals surface area contributed by atoms with Gasteiger partial charge >= 0.3 is 0 Å². The third-order valence-electron chi connectivity index (χ3n) is 5.14. The number of ether oxygens (including phenoxy) is 1. The van der Waals surface area contributed by atoms with Gasteiger partial charge in [0.15, 0.2) is 0 Å². The molecule has 2 N–H and O–H groups in total. The number of pyridine rings is 2. The molecule has 0 unspecified atom stereocenters. The van der Waals surface area contributed by atoms with E-state index < -0.39 is 0 Å². The molecule has 1 saturated heterocycles. The predicted molar refractivity (Wildman–Crippen MR) is 115 cm³/mol. The number of H-pyrrole nitrogens is 1. The van der Waals surface area contributed by atoms with Crippen molar-refractivity contribution in [3.8, 4) is 0 Å². The zero-order valence-electron chi connectivity index (χ0n) is 17.5. The molecule has 0 saturated carbocycles. The number of aromatic amines is 1. The molecule has 0 aromatic carbocycles. The van der Waals surface area contributed by atoms with E-state index in [-0.39, 0.29) is 24.0 Å². The zero-order chi connectivity index (χ0) is 21.8. The van der Waals surface area contributed by atoms with Crippen LogP contribution in [0.5, 0.6) is 0 Å². The molecule has 9 nitrogen and oxygen atoms in total. The van der Waals surface area contributed by atoms with Gasteiger partial charge in [-0.1, -0.05) is 6.07 Å². The lowest BCUT2D eigenvalue weighted by atomic mass is 10.1. The highest BCUT2D eigenvalue weighted by Crippen LogP contribution is 2.23. The van der Waals surface area contributed by atoms with E-state index in [1.54, 1.807) is 31.1 Å². The van der Waals surface area contributed by atoms with Crippen LogP contribution in [0.3, 0.4) is 0 Å². The molecule has 0 bridgehead atoms. The van der Waals surface area contributed by atoms with Gasteiger partial charge < -0.3 is 19.9 Å². The lowest BCUT2D eigenvalue weighted by Gasteiger charge is -2.32. The van der Waals surface area contributed by atoms with E-state index in [0.717, 1.165) is 17.2 Å². The van der Waals surface area contributed by atoms with Crippen LogP contribution >= 0.6 is 0 Å². The average Bonchev–Trinajstić information content (AvgIpc) is 2.77. The molecule has 31 heavy (non-hydrogen) atoms. The molecule has 4 heterocycles. The molecule has 0 spiro atoms. The first-order valence-electron chi connectivity index (χ1n) is 10.1. The van der Waals surface area contributed by atoms with Crippen molar-refractivity contribution in [1.29, 1.82) is 0 Å². The summed E-state index contributed by atoms with van der Waals surface area (Å²) in [5, 5.41) is 3.19. The van der Waals surface area contributed by atoms with E-state index in [4.69, 9.17) is 4.74 Å². The Morgan fingerprint density at radius 2 is 2.13 bits per heavy atom. The Bertz CT molecular complexity index is 1110. The summed E-state index contributed by atoms with van der Waals surface area (Å²) in [7, 11) is 0. The lowest BCUT2D eigenvalue weighted by molar-refractivity contribution is -0.138. The second kappa shape index (κ2) is 9.05. The normalized spacial score (nSPS) is 16.2. The number of rotatable bonds is 5. The number of aryl methyl sites for hydroxylation is 2. The first-order chi connectivity index (χ1) is 15.0. The van der Waals surface area contributed by atoms with Gasteiger partial charge in [-0.3, -0.25) is 14.6 Å². The minimum atomic E-state index is -0.322. The highest BCUT2D eigenvalue weighted by Gasteiger charge is 2.27. The molecule has 1 atom stereocenters. The van der Waals surface area contributed by atoms with Crippen LogP contribution in [0.2, 0.25) is 0 Å². The van der Waals surface area contributed by atoms with Crippen LogP contribution in [0.15, 0.2) is 47.5 Å². The molecule has 160 valence electrons. The second-order valence-electron chi connectivity index (χ2n) is 7.40. The summed E-state index contributed by atoms with van der Waals surface area (Å²) in [5.74, 6) is 1.15. The van der Waals surface area contributed by atoms with Gasteiger partial charge in [-0.05, 0) is 38.1 Å². The van der Waals surface area contributed by atoms with Crippen LogP contribution in [-0.2, 0) is 16.0 Å². The van der Waals surface area contributed by atoms with Gasteiger partial charge in [-0.25, -0.2) is 9.97 Å². The fraction of sp³-hybridized carbons (Fsp3) is 0.318. The summed E-state index contributed by atoms with van der Waals surface area (Å²) >= 11 is 0. The molecule has 1 aliphatic heterocycles. The number of carbonyl (C=O) groups is 1. The van der Waals surface area contributed by atoms with Crippen LogP contribution in [-0.4, -0.2) is 50.4 Å². The van der Waals surface area contributed by atoms with Crippen molar-refractivity contribution >= 4 is 17.4 Å². The van der Waals surface area contributed by atoms with E-state index >= 15 is 0 Å². The number of hydrogen-bond acceptors (Lipinski definition) is 7. The van der Waals surface area contributed by atoms with Crippen molar-refractivity contribution in [2.75, 3.05) is 25.0 Å². The summed E-state index contributed by atoms with van der Waals surface area (Å²) in [4.78, 5) is 42.4. The Hall–Kier alpha value is -3.59. The summed E-state index contributed by atoms with van der Waals surface area (Å²) in [6.45, 7) is 4.74. The van der Waals surface area contributed by atoms with Gasteiger partial charge in [0.05, 0.1) is 37.2 Å². The van der Waals surface area contributed by atoms with Gasteiger partial charge in [0, 0.05) is 24.0 Å². The molecule has 4 rings (SSSR count). The first-order valence-corrected chi connectivity index (χ1v) is 10.1. The Morgan fingerprint density at radius 3 is 2.84 bits per heavy atom. The molecule has 1 amide bonds. The Balaban J connectivity index is 1.41. The molecule has 3 aromatic heterocycles. The Morgan fingerprint density at radius 1 is 1.26 bits per heavy atom. The molecule has 1 fully saturated rings. The quantitative estimate of drug-likeness (QED) is 0.650. The van der Waals surface area contributed by atoms with Crippen molar-refractivity contribution in [1.82, 2.24) is 24.8 Å². The van der Waals surface area contributed by atoms with Crippen molar-refractivity contribution in [2.24, 2.45) is 0 Å². The molecular formula is C22H24N6O3. The lowest BCUT2D eigenvalue weighted by Crippen LogP contribution is -2.43. The Kier molecular flexibility index (Phi) is 6.03. The topological polar surface area (TPSA) is 113 Å². The number of morpholine rings is 1. The number of hydrogen-bond donors (Lipinski definition) is 2. The van der Waals surface area contributed by atoms with E-state index in [1.807, 2.05) is 30.3 Å². The summed E-state index contributed by atoms with van der Waals surface area (Å²) in [5.41, 5.74) is 2.28. The van der Waals surface area contributed by atoms with Gasteiger partial charge in [-0.2, -0.15) is 0 Å². The minimum Gasteiger partial charge on any atom is -0.368 e. The predicted octanol–water partition coefficient (Wildman–Crippen LogP) is 2.06. The second-order valence-corrected chi connectivity index (χ2v) is 7.40. The maximum atomic E-state index is 12.8. The largest absolute Gasteiger partial charge is 0.368 e. The fourth-order valence-corrected chi connectivity index (χ4v) is 3.53. The number of nitrogens with zero attached hydrogens (tertiary/aromatic N) is 4. The number of amides is 1. The van der Waals surface area contributed by atoms with Crippen LogP contribution in [0.25, 0.3) is 0 Å². The minimum absolute atomic E-state index is 0.0154. The maximum Gasteiger partial charge on any atom is 0.254 e. The molecule has 3 aromatic rings. The number of nitrogens with one attached hydrogen (secondary N) is 2. The SMILES string of the molecule is Cc1nc(C)c(CC(=O)N2CCO[C@@H](c3ccc(Nc4ccccn4)cn3)C2)c(=O)[nH]1. The van der Waals surface area contributed by atoms with Crippen LogP contribution in [0, 0.1) is 13.8 Å². The van der Waals surface area contributed by atoms with Crippen molar-refractivity contribution in [3.63, 3.8) is 0 Å². The standard InChI is InChI=1S/C22H24N6O3/c1-14-17(22(30)26-15(2)25-14)11-21(29)28-9-10-31-19(13-28)18-7-6-16(12-24-18)27-20-5-3-4-8-23-20/h3-8,12,19H,9-11,13H2,1-2H3,(H,23,27)(H,25,26,30)/t19-/m1/s1. The van der Waals surface area contributed by atoms with Gasteiger partial charge in [0.1, 0.15) is 17.7 Å². The van der Waals surface area contributed by atoms with Gasteiger partial charge in [0.2, 0.25) is 5.91 Å². The van der Waals surface area contributed by atoms with Crippen LogP contribution in [0.1, 0.15) is 28.9 Å². The Labute approximate surface area is 179 Å². The highest BCUT2D eigenvalue weighted by molar-refractivity contribution is 5.79. The van der Waals surface area contributed by atoms with Gasteiger partial charge in [-0.15, -0.1) is 0 Å². The fourth-order valence-electron chi connectivity index (χ4n) is 3.53. The van der Waals surface area contributed by atoms with Crippen LogP contribution < -0.4 is 10.9 Å². The zero-order valence-corrected chi connectivity index (χ0v) is 17.5. The van der Waals surface area contributed by atoms with Crippen molar-refractivity contribution in [2.45, 2.75) is 26.4 Å². The van der Waals surface area contributed by atoms with E-state index in [2.05, 4.69) is 25.3 Å². The smallest absolute Gasteiger partial charge is 0.254 e. The molecular weight excluding hydrogens is 396 g/mol. The number of carbonyl (C=O) groups excluding carboxylic acids is 1. The third kappa shape index (κ3) is 4.95. The molecule has 0 radical (unpaired) electrons. The first kappa shape index (κ1) is 20.7. The summed E-state index contributed by atoms with van der Waals surface area (Å²) in [6, 6.07) is 9.41. The highest BCUT2D eigenvalue weighted by atomic mass is 16.5. The van der Waals surface area contributed by atoms with Crippen molar-refractivity contribution in [3.05, 3.63) is 75.9 Å². The van der Waals surface area contributed by atoms with Crippen LogP contribution in [0.4, 0.5) is 11.5 Å². The number of aromatic nitrogens is 4.